The predicted octanol–water partition coefficient (Wildman–Crippen LogP) is 3.04. The van der Waals surface area contributed by atoms with Gasteiger partial charge in [0.2, 0.25) is 0 Å². The lowest BCUT2D eigenvalue weighted by atomic mass is 10.1. The molecule has 0 N–H and O–H groups in total. The van der Waals surface area contributed by atoms with Gasteiger partial charge in [-0.25, -0.2) is 9.18 Å². The molecule has 2 aromatic carbocycles. The number of hydrogen-bond donors (Lipinski definition) is 0. The van der Waals surface area contributed by atoms with Crippen molar-refractivity contribution in [2.24, 2.45) is 0 Å². The topological polar surface area (TPSA) is 61.8 Å². The number of hydrogen-bond acceptors (Lipinski definition) is 5. The minimum absolute atomic E-state index is 0.357. The Balaban J connectivity index is 1.56. The largest absolute Gasteiger partial charge is 0.486 e. The summed E-state index contributed by atoms with van der Waals surface area (Å²) in [7, 11) is 0. The number of halogens is 1. The van der Waals surface area contributed by atoms with Crippen LogP contribution in [0.25, 0.3) is 6.08 Å². The molecule has 0 saturated heterocycles. The number of carbonyl (C=O) groups excluding carboxylic acids is 2. The van der Waals surface area contributed by atoms with Crippen molar-refractivity contribution in [3.05, 3.63) is 65.5 Å². The van der Waals surface area contributed by atoms with Crippen molar-refractivity contribution < 1.29 is 28.2 Å². The zero-order chi connectivity index (χ0) is 17.6. The highest BCUT2D eigenvalue weighted by Gasteiger charge is 2.15. The Morgan fingerprint density at radius 2 is 1.88 bits per heavy atom. The quantitative estimate of drug-likeness (QED) is 0.475. The lowest BCUT2D eigenvalue weighted by Gasteiger charge is -2.18. The molecule has 1 heterocycles. The summed E-state index contributed by atoms with van der Waals surface area (Å²) in [6.07, 6.45) is 2.56. The maximum Gasteiger partial charge on any atom is 0.331 e. The van der Waals surface area contributed by atoms with E-state index in [1.54, 1.807) is 24.3 Å². The average Bonchev–Trinajstić information content (AvgIpc) is 2.64. The van der Waals surface area contributed by atoms with Crippen LogP contribution in [-0.2, 0) is 9.53 Å². The number of ether oxygens (including phenoxy) is 3. The van der Waals surface area contributed by atoms with Gasteiger partial charge in [0, 0.05) is 11.6 Å². The van der Waals surface area contributed by atoms with Gasteiger partial charge in [-0.3, -0.25) is 4.79 Å². The minimum atomic E-state index is -0.685. The first-order valence-electron chi connectivity index (χ1n) is 7.65. The lowest BCUT2D eigenvalue weighted by molar-refractivity contribution is -0.136. The van der Waals surface area contributed by atoms with Gasteiger partial charge >= 0.3 is 5.97 Å². The number of rotatable bonds is 5. The minimum Gasteiger partial charge on any atom is -0.486 e. The van der Waals surface area contributed by atoms with E-state index in [9.17, 15) is 14.0 Å². The van der Waals surface area contributed by atoms with Gasteiger partial charge in [0.15, 0.2) is 23.9 Å². The second-order valence-electron chi connectivity index (χ2n) is 5.28. The van der Waals surface area contributed by atoms with E-state index in [4.69, 9.17) is 14.2 Å². The Hall–Kier alpha value is -3.15. The molecular weight excluding hydrogens is 327 g/mol. The van der Waals surface area contributed by atoms with Crippen molar-refractivity contribution in [2.75, 3.05) is 19.8 Å². The third-order valence-corrected chi connectivity index (χ3v) is 3.47. The van der Waals surface area contributed by atoms with Crippen LogP contribution in [0.15, 0.2) is 48.5 Å². The molecule has 0 fully saturated rings. The number of Topliss-reactive ketones (excluding diaryl/α,β-unsaturated/α-hetero) is 1. The van der Waals surface area contributed by atoms with E-state index in [0.717, 1.165) is 6.08 Å². The standard InChI is InChI=1S/C19H15FO5/c20-15-3-1-2-13(10-15)4-7-19(22)25-12-16(21)14-5-6-17-18(11-14)24-9-8-23-17/h1-7,10-11H,8-9,12H2/b7-4+. The first-order valence-corrected chi connectivity index (χ1v) is 7.65. The Morgan fingerprint density at radius 1 is 1.08 bits per heavy atom. The summed E-state index contributed by atoms with van der Waals surface area (Å²) in [5, 5.41) is 0. The van der Waals surface area contributed by atoms with Gasteiger partial charge in [-0.2, -0.15) is 0 Å². The van der Waals surface area contributed by atoms with E-state index in [2.05, 4.69) is 0 Å². The molecule has 5 nitrogen and oxygen atoms in total. The summed E-state index contributed by atoms with van der Waals surface area (Å²) >= 11 is 0. The van der Waals surface area contributed by atoms with Crippen LogP contribution in [0.3, 0.4) is 0 Å². The maximum atomic E-state index is 13.0. The highest BCUT2D eigenvalue weighted by atomic mass is 19.1. The fourth-order valence-electron chi connectivity index (χ4n) is 2.26. The van der Waals surface area contributed by atoms with Crippen LogP contribution in [0.5, 0.6) is 11.5 Å². The smallest absolute Gasteiger partial charge is 0.331 e. The molecular formula is C19H15FO5. The van der Waals surface area contributed by atoms with Crippen molar-refractivity contribution in [1.82, 2.24) is 0 Å². The van der Waals surface area contributed by atoms with Crippen LogP contribution in [0, 0.1) is 5.82 Å². The lowest BCUT2D eigenvalue weighted by Crippen LogP contribution is -2.17. The van der Waals surface area contributed by atoms with Crippen LogP contribution >= 0.6 is 0 Å². The summed E-state index contributed by atoms with van der Waals surface area (Å²) in [6, 6.07) is 10.6. The summed E-state index contributed by atoms with van der Waals surface area (Å²) < 4.78 is 28.7. The summed E-state index contributed by atoms with van der Waals surface area (Å²) in [4.78, 5) is 23.8. The molecule has 0 spiro atoms. The van der Waals surface area contributed by atoms with Crippen molar-refractivity contribution in [1.29, 1.82) is 0 Å². The van der Waals surface area contributed by atoms with E-state index < -0.39 is 18.4 Å². The zero-order valence-corrected chi connectivity index (χ0v) is 13.2. The van der Waals surface area contributed by atoms with Gasteiger partial charge in [0.1, 0.15) is 19.0 Å². The average molecular weight is 342 g/mol. The van der Waals surface area contributed by atoms with E-state index in [1.807, 2.05) is 0 Å². The molecule has 25 heavy (non-hydrogen) atoms. The Labute approximate surface area is 143 Å². The van der Waals surface area contributed by atoms with Gasteiger partial charge in [-0.05, 0) is 42.0 Å². The van der Waals surface area contributed by atoms with Gasteiger partial charge in [0.25, 0.3) is 0 Å². The van der Waals surface area contributed by atoms with Gasteiger partial charge in [-0.1, -0.05) is 12.1 Å². The molecule has 0 aromatic heterocycles. The summed E-state index contributed by atoms with van der Waals surface area (Å²) in [5.74, 6) is -0.365. The first-order chi connectivity index (χ1) is 12.1. The van der Waals surface area contributed by atoms with Crippen LogP contribution < -0.4 is 9.47 Å². The van der Waals surface area contributed by atoms with E-state index in [1.165, 1.54) is 24.3 Å². The van der Waals surface area contributed by atoms with E-state index >= 15 is 0 Å². The highest BCUT2D eigenvalue weighted by Crippen LogP contribution is 2.30. The Bertz CT molecular complexity index is 828. The zero-order valence-electron chi connectivity index (χ0n) is 13.2. The molecule has 0 radical (unpaired) electrons. The SMILES string of the molecule is O=C(/C=C/c1cccc(F)c1)OCC(=O)c1ccc2c(c1)OCCO2. The van der Waals surface area contributed by atoms with Crippen molar-refractivity contribution in [3.8, 4) is 11.5 Å². The molecule has 0 atom stereocenters. The molecule has 128 valence electrons. The predicted molar refractivity (Wildman–Crippen MR) is 88.2 cm³/mol. The van der Waals surface area contributed by atoms with Crippen molar-refractivity contribution >= 4 is 17.8 Å². The second kappa shape index (κ2) is 7.61. The number of benzene rings is 2. The Kier molecular flexibility index (Phi) is 5.09. The van der Waals surface area contributed by atoms with E-state index in [-0.39, 0.29) is 5.78 Å². The normalized spacial score (nSPS) is 12.8. The molecule has 2 aromatic rings. The van der Waals surface area contributed by atoms with Crippen LogP contribution in [0.4, 0.5) is 4.39 Å². The number of esters is 1. The monoisotopic (exact) mass is 342 g/mol. The van der Waals surface area contributed by atoms with Gasteiger partial charge < -0.3 is 14.2 Å². The van der Waals surface area contributed by atoms with Crippen LogP contribution in [0.2, 0.25) is 0 Å². The molecule has 3 rings (SSSR count). The summed E-state index contributed by atoms with van der Waals surface area (Å²) in [5.41, 5.74) is 0.890. The Morgan fingerprint density at radius 3 is 2.68 bits per heavy atom. The van der Waals surface area contributed by atoms with E-state index in [0.29, 0.717) is 35.8 Å². The number of carbonyl (C=O) groups is 2. The first kappa shape index (κ1) is 16.7. The fraction of sp³-hybridized carbons (Fsp3) is 0.158. The molecule has 1 aliphatic rings. The van der Waals surface area contributed by atoms with Crippen molar-refractivity contribution in [2.45, 2.75) is 0 Å². The molecule has 1 aliphatic heterocycles. The number of ketones is 1. The maximum absolute atomic E-state index is 13.0. The second-order valence-corrected chi connectivity index (χ2v) is 5.28. The fourth-order valence-corrected chi connectivity index (χ4v) is 2.26. The molecule has 0 amide bonds. The van der Waals surface area contributed by atoms with Crippen molar-refractivity contribution in [3.63, 3.8) is 0 Å². The third-order valence-electron chi connectivity index (χ3n) is 3.47. The third kappa shape index (κ3) is 4.44. The van der Waals surface area contributed by atoms with Gasteiger partial charge in [0.05, 0.1) is 0 Å². The highest BCUT2D eigenvalue weighted by molar-refractivity contribution is 5.99. The summed E-state index contributed by atoms with van der Waals surface area (Å²) in [6.45, 7) is 0.492. The molecule has 0 bridgehead atoms. The van der Waals surface area contributed by atoms with Crippen LogP contribution in [-0.4, -0.2) is 31.6 Å². The van der Waals surface area contributed by atoms with Crippen LogP contribution in [0.1, 0.15) is 15.9 Å². The molecule has 6 heteroatoms. The molecule has 0 saturated carbocycles. The van der Waals surface area contributed by atoms with Gasteiger partial charge in [-0.15, -0.1) is 0 Å². The molecule has 0 unspecified atom stereocenters. The molecule has 0 aliphatic carbocycles. The number of fused-ring (bicyclic) bond motifs is 1.